The summed E-state index contributed by atoms with van der Waals surface area (Å²) in [6.07, 6.45) is 8.92. The van der Waals surface area contributed by atoms with Crippen LogP contribution in [0.5, 0.6) is 0 Å². The minimum absolute atomic E-state index is 0.0678. The predicted octanol–water partition coefficient (Wildman–Crippen LogP) is 2.63. The second-order valence-electron chi connectivity index (χ2n) is 6.58. The van der Waals surface area contributed by atoms with E-state index in [9.17, 15) is 4.79 Å². The molecule has 3 heteroatoms. The van der Waals surface area contributed by atoms with E-state index in [2.05, 4.69) is 30.6 Å². The Bertz CT molecular complexity index is 341. The van der Waals surface area contributed by atoms with Crippen molar-refractivity contribution in [1.29, 1.82) is 0 Å². The lowest BCUT2D eigenvalue weighted by molar-refractivity contribution is -0.131. The zero-order chi connectivity index (χ0) is 13.7. The third-order valence-corrected chi connectivity index (χ3v) is 4.48. The van der Waals surface area contributed by atoms with Crippen LogP contribution in [0.15, 0.2) is 11.6 Å². The summed E-state index contributed by atoms with van der Waals surface area (Å²) in [5.74, 6) is 0.903. The molecule has 3 nitrogen and oxygen atoms in total. The SMILES string of the molecule is CC(C)CC1(C(=O)NCC2=CCNCC2)CCCC1. The summed E-state index contributed by atoms with van der Waals surface area (Å²) >= 11 is 0. The van der Waals surface area contributed by atoms with Crippen molar-refractivity contribution in [3.05, 3.63) is 11.6 Å². The fourth-order valence-corrected chi connectivity index (χ4v) is 3.57. The molecule has 2 rings (SSSR count). The second kappa shape index (κ2) is 6.56. The van der Waals surface area contributed by atoms with Gasteiger partial charge in [0.25, 0.3) is 0 Å². The molecule has 0 aromatic heterocycles. The van der Waals surface area contributed by atoms with E-state index < -0.39 is 0 Å². The van der Waals surface area contributed by atoms with Crippen LogP contribution in [-0.2, 0) is 4.79 Å². The topological polar surface area (TPSA) is 41.1 Å². The Labute approximate surface area is 117 Å². The molecule has 108 valence electrons. The number of rotatable bonds is 5. The van der Waals surface area contributed by atoms with E-state index >= 15 is 0 Å². The minimum Gasteiger partial charge on any atom is -0.352 e. The van der Waals surface area contributed by atoms with Crippen molar-refractivity contribution in [2.24, 2.45) is 11.3 Å². The van der Waals surface area contributed by atoms with Gasteiger partial charge in [-0.25, -0.2) is 0 Å². The molecule has 0 aromatic rings. The van der Waals surface area contributed by atoms with Crippen LogP contribution < -0.4 is 10.6 Å². The van der Waals surface area contributed by atoms with E-state index in [0.717, 1.165) is 45.3 Å². The number of hydrogen-bond donors (Lipinski definition) is 2. The first kappa shape index (κ1) is 14.6. The fraction of sp³-hybridized carbons (Fsp3) is 0.812. The average molecular weight is 264 g/mol. The first-order valence-corrected chi connectivity index (χ1v) is 7.79. The van der Waals surface area contributed by atoms with Gasteiger partial charge in [-0.3, -0.25) is 4.79 Å². The predicted molar refractivity (Wildman–Crippen MR) is 78.9 cm³/mol. The van der Waals surface area contributed by atoms with Crippen LogP contribution >= 0.6 is 0 Å². The van der Waals surface area contributed by atoms with Crippen molar-refractivity contribution in [2.45, 2.75) is 52.4 Å². The van der Waals surface area contributed by atoms with Crippen molar-refractivity contribution in [2.75, 3.05) is 19.6 Å². The zero-order valence-corrected chi connectivity index (χ0v) is 12.4. The van der Waals surface area contributed by atoms with Crippen molar-refractivity contribution in [1.82, 2.24) is 10.6 Å². The summed E-state index contributed by atoms with van der Waals surface area (Å²) < 4.78 is 0. The number of carbonyl (C=O) groups is 1. The van der Waals surface area contributed by atoms with Crippen molar-refractivity contribution >= 4 is 5.91 Å². The molecule has 1 aliphatic heterocycles. The minimum atomic E-state index is -0.0678. The molecule has 0 spiro atoms. The van der Waals surface area contributed by atoms with E-state index in [1.807, 2.05) is 0 Å². The van der Waals surface area contributed by atoms with Crippen LogP contribution in [-0.4, -0.2) is 25.5 Å². The molecule has 1 amide bonds. The summed E-state index contributed by atoms with van der Waals surface area (Å²) in [4.78, 5) is 12.6. The second-order valence-corrected chi connectivity index (χ2v) is 6.58. The first-order chi connectivity index (χ1) is 9.12. The normalized spacial score (nSPS) is 22.4. The van der Waals surface area contributed by atoms with Crippen LogP contribution in [0.1, 0.15) is 52.4 Å². The maximum atomic E-state index is 12.6. The Balaban J connectivity index is 1.90. The van der Waals surface area contributed by atoms with E-state index in [-0.39, 0.29) is 5.41 Å². The molecule has 0 aromatic carbocycles. The molecule has 1 heterocycles. The van der Waals surface area contributed by atoms with Crippen molar-refractivity contribution < 1.29 is 4.79 Å². The fourth-order valence-electron chi connectivity index (χ4n) is 3.57. The molecule has 1 fully saturated rings. The molecule has 0 unspecified atom stereocenters. The standard InChI is InChI=1S/C16H28N2O/c1-13(2)11-16(7-3-4-8-16)15(19)18-12-14-5-9-17-10-6-14/h5,13,17H,3-4,6-12H2,1-2H3,(H,18,19). The van der Waals surface area contributed by atoms with Crippen LogP contribution in [0.3, 0.4) is 0 Å². The Kier molecular flexibility index (Phi) is 5.03. The Hall–Kier alpha value is -0.830. The van der Waals surface area contributed by atoms with Gasteiger partial charge < -0.3 is 10.6 Å². The zero-order valence-electron chi connectivity index (χ0n) is 12.4. The molecule has 2 N–H and O–H groups in total. The monoisotopic (exact) mass is 264 g/mol. The van der Waals surface area contributed by atoms with Gasteiger partial charge in [0.2, 0.25) is 5.91 Å². The highest BCUT2D eigenvalue weighted by molar-refractivity contribution is 5.83. The summed E-state index contributed by atoms with van der Waals surface area (Å²) in [6.45, 7) is 7.19. The van der Waals surface area contributed by atoms with Gasteiger partial charge in [-0.05, 0) is 38.1 Å². The summed E-state index contributed by atoms with van der Waals surface area (Å²) in [5, 5.41) is 6.51. The molecule has 1 saturated carbocycles. The van der Waals surface area contributed by atoms with Crippen LogP contribution in [0.25, 0.3) is 0 Å². The molecule has 1 aliphatic carbocycles. The van der Waals surface area contributed by atoms with Gasteiger partial charge in [0.1, 0.15) is 0 Å². The molecule has 2 aliphatic rings. The highest BCUT2D eigenvalue weighted by Gasteiger charge is 2.41. The molecule has 19 heavy (non-hydrogen) atoms. The van der Waals surface area contributed by atoms with E-state index in [4.69, 9.17) is 0 Å². The maximum Gasteiger partial charge on any atom is 0.226 e. The van der Waals surface area contributed by atoms with Gasteiger partial charge in [-0.1, -0.05) is 38.3 Å². The summed E-state index contributed by atoms with van der Waals surface area (Å²) in [7, 11) is 0. The van der Waals surface area contributed by atoms with Gasteiger partial charge in [0, 0.05) is 18.5 Å². The number of hydrogen-bond acceptors (Lipinski definition) is 2. The van der Waals surface area contributed by atoms with Crippen molar-refractivity contribution in [3.8, 4) is 0 Å². The van der Waals surface area contributed by atoms with Gasteiger partial charge in [-0.2, -0.15) is 0 Å². The van der Waals surface area contributed by atoms with Crippen LogP contribution in [0.2, 0.25) is 0 Å². The van der Waals surface area contributed by atoms with Gasteiger partial charge >= 0.3 is 0 Å². The average Bonchev–Trinajstić information content (AvgIpc) is 2.86. The summed E-state index contributed by atoms with van der Waals surface area (Å²) in [6, 6.07) is 0. The van der Waals surface area contributed by atoms with Gasteiger partial charge in [0.15, 0.2) is 0 Å². The maximum absolute atomic E-state index is 12.6. The van der Waals surface area contributed by atoms with E-state index in [0.29, 0.717) is 11.8 Å². The highest BCUT2D eigenvalue weighted by atomic mass is 16.2. The van der Waals surface area contributed by atoms with Crippen LogP contribution in [0.4, 0.5) is 0 Å². The lowest BCUT2D eigenvalue weighted by Gasteiger charge is -2.30. The lowest BCUT2D eigenvalue weighted by Crippen LogP contribution is -2.41. The Morgan fingerprint density at radius 1 is 1.42 bits per heavy atom. The molecule has 0 saturated heterocycles. The first-order valence-electron chi connectivity index (χ1n) is 7.79. The molecular weight excluding hydrogens is 236 g/mol. The molecule has 0 radical (unpaired) electrons. The van der Waals surface area contributed by atoms with E-state index in [1.54, 1.807) is 0 Å². The summed E-state index contributed by atoms with van der Waals surface area (Å²) in [5.41, 5.74) is 1.31. The number of amides is 1. The van der Waals surface area contributed by atoms with E-state index in [1.165, 1.54) is 18.4 Å². The van der Waals surface area contributed by atoms with Gasteiger partial charge in [0.05, 0.1) is 0 Å². The quantitative estimate of drug-likeness (QED) is 0.750. The lowest BCUT2D eigenvalue weighted by atomic mass is 9.77. The highest BCUT2D eigenvalue weighted by Crippen LogP contribution is 2.43. The Morgan fingerprint density at radius 3 is 2.74 bits per heavy atom. The smallest absolute Gasteiger partial charge is 0.226 e. The number of carbonyl (C=O) groups excluding carboxylic acids is 1. The van der Waals surface area contributed by atoms with Crippen LogP contribution in [0, 0.1) is 11.3 Å². The molecular formula is C16H28N2O. The largest absolute Gasteiger partial charge is 0.352 e. The Morgan fingerprint density at radius 2 is 2.16 bits per heavy atom. The van der Waals surface area contributed by atoms with Crippen molar-refractivity contribution in [3.63, 3.8) is 0 Å². The number of nitrogens with one attached hydrogen (secondary N) is 2. The third kappa shape index (κ3) is 3.82. The molecule has 0 bridgehead atoms. The molecule has 0 atom stereocenters. The third-order valence-electron chi connectivity index (χ3n) is 4.48. The van der Waals surface area contributed by atoms with Gasteiger partial charge in [-0.15, -0.1) is 0 Å².